The van der Waals surface area contributed by atoms with Crippen LogP contribution in [0.3, 0.4) is 0 Å². The molecule has 0 unspecified atom stereocenters. The number of allylic oxidation sites excluding steroid dienone is 1. The average molecular weight is 318 g/mol. The van der Waals surface area contributed by atoms with Crippen molar-refractivity contribution in [2.75, 3.05) is 0 Å². The first-order valence-corrected chi connectivity index (χ1v) is 8.33. The van der Waals surface area contributed by atoms with Gasteiger partial charge in [0.1, 0.15) is 0 Å². The lowest BCUT2D eigenvalue weighted by Crippen LogP contribution is -2.26. The van der Waals surface area contributed by atoms with Crippen molar-refractivity contribution in [3.05, 3.63) is 34.5 Å². The van der Waals surface area contributed by atoms with Gasteiger partial charge in [0, 0.05) is 19.3 Å². The molecule has 0 fully saturated rings. The molecule has 118 valence electrons. The lowest BCUT2D eigenvalue weighted by Gasteiger charge is -2.15. The number of esters is 1. The molecule has 1 rings (SSSR count). The first-order valence-electron chi connectivity index (χ1n) is 7.45. The summed E-state index contributed by atoms with van der Waals surface area (Å²) in [5.41, 5.74) is 0. The van der Waals surface area contributed by atoms with E-state index in [0.29, 0.717) is 19.3 Å². The Hall–Kier alpha value is -1.86. The van der Waals surface area contributed by atoms with Crippen LogP contribution in [0.2, 0.25) is 0 Å². The number of carbonyl (C=O) groups is 2. The summed E-state index contributed by atoms with van der Waals surface area (Å²) in [5.74, 6) is 5.75. The molecule has 0 aliphatic heterocycles. The molecule has 1 atom stereocenters. The number of hydrogen-bond acceptors (Lipinski definition) is 4. The molecule has 4 heteroatoms. The third kappa shape index (κ3) is 7.24. The van der Waals surface area contributed by atoms with E-state index in [1.807, 2.05) is 31.4 Å². The summed E-state index contributed by atoms with van der Waals surface area (Å²) < 4.78 is 5.28. The van der Waals surface area contributed by atoms with Gasteiger partial charge >= 0.3 is 5.97 Å². The molecule has 1 aromatic rings. The molecule has 1 aromatic heterocycles. The maximum Gasteiger partial charge on any atom is 0.306 e. The molecule has 0 bridgehead atoms. The molecule has 0 N–H and O–H groups in total. The van der Waals surface area contributed by atoms with E-state index in [4.69, 9.17) is 4.74 Å². The van der Waals surface area contributed by atoms with Crippen LogP contribution >= 0.6 is 11.3 Å². The number of ether oxygens (including phenoxy) is 1. The normalized spacial score (nSPS) is 12.0. The highest BCUT2D eigenvalue weighted by molar-refractivity contribution is 7.10. The van der Waals surface area contributed by atoms with Gasteiger partial charge in [-0.25, -0.2) is 0 Å². The van der Waals surface area contributed by atoms with Gasteiger partial charge in [-0.3, -0.25) is 9.59 Å². The van der Waals surface area contributed by atoms with Crippen LogP contribution in [-0.2, 0) is 14.3 Å². The van der Waals surface area contributed by atoms with Gasteiger partial charge in [0.05, 0.1) is 4.88 Å². The lowest BCUT2D eigenvalue weighted by molar-refractivity contribution is -0.155. The second kappa shape index (κ2) is 9.97. The van der Waals surface area contributed by atoms with Crippen LogP contribution in [0.25, 0.3) is 0 Å². The van der Waals surface area contributed by atoms with Crippen molar-refractivity contribution in [2.24, 2.45) is 5.92 Å². The fourth-order valence-corrected chi connectivity index (χ4v) is 2.30. The van der Waals surface area contributed by atoms with E-state index in [9.17, 15) is 9.59 Å². The molecular weight excluding hydrogens is 296 g/mol. The zero-order valence-electron chi connectivity index (χ0n) is 13.3. The molecule has 0 spiro atoms. The molecule has 0 radical (unpaired) electrons. The van der Waals surface area contributed by atoms with Crippen LogP contribution in [0.4, 0.5) is 0 Å². The van der Waals surface area contributed by atoms with Crippen molar-refractivity contribution in [1.29, 1.82) is 0 Å². The van der Waals surface area contributed by atoms with Crippen LogP contribution < -0.4 is 0 Å². The molecule has 0 amide bonds. The fourth-order valence-electron chi connectivity index (χ4n) is 1.73. The summed E-state index contributed by atoms with van der Waals surface area (Å²) in [6.45, 7) is 5.65. The van der Waals surface area contributed by atoms with Gasteiger partial charge < -0.3 is 4.74 Å². The molecule has 0 saturated heterocycles. The average Bonchev–Trinajstić information content (AvgIpc) is 2.97. The van der Waals surface area contributed by atoms with Crippen LogP contribution in [0.1, 0.15) is 44.9 Å². The number of rotatable bonds is 7. The summed E-state index contributed by atoms with van der Waals surface area (Å²) in [6, 6.07) is 3.89. The fraction of sp³-hybridized carbons (Fsp3) is 0.444. The van der Waals surface area contributed by atoms with Gasteiger partial charge in [-0.1, -0.05) is 44.8 Å². The second-order valence-corrected chi connectivity index (χ2v) is 6.23. The Morgan fingerprint density at radius 2 is 2.18 bits per heavy atom. The predicted octanol–water partition coefficient (Wildman–Crippen LogP) is 3.98. The Balaban J connectivity index is 2.54. The summed E-state index contributed by atoms with van der Waals surface area (Å²) >= 11 is 1.58. The standard InChI is InChI=1S/C18H22O3S/c1-4-16(19)17(21-18(20)13-14(2)3)11-7-5-6-9-15-10-8-12-22-15/h5,7-8,10,12,14,17H,4,11,13H2,1-3H3/t17-/m0/s1. The molecule has 0 aromatic carbocycles. The molecule has 0 aliphatic carbocycles. The van der Waals surface area contributed by atoms with Gasteiger partial charge in [0.25, 0.3) is 0 Å². The van der Waals surface area contributed by atoms with E-state index in [2.05, 4.69) is 11.8 Å². The van der Waals surface area contributed by atoms with Crippen LogP contribution in [0.5, 0.6) is 0 Å². The van der Waals surface area contributed by atoms with Crippen LogP contribution in [-0.4, -0.2) is 17.9 Å². The van der Waals surface area contributed by atoms with Crippen molar-refractivity contribution < 1.29 is 14.3 Å². The van der Waals surface area contributed by atoms with Crippen LogP contribution in [0.15, 0.2) is 29.7 Å². The maximum absolute atomic E-state index is 11.8. The largest absolute Gasteiger partial charge is 0.454 e. The number of carbonyl (C=O) groups excluding carboxylic acids is 2. The van der Waals surface area contributed by atoms with Crippen molar-refractivity contribution in [1.82, 2.24) is 0 Å². The van der Waals surface area contributed by atoms with Crippen molar-refractivity contribution in [3.8, 4) is 11.8 Å². The van der Waals surface area contributed by atoms with Crippen molar-refractivity contribution in [2.45, 2.75) is 46.1 Å². The minimum absolute atomic E-state index is 0.0621. The Morgan fingerprint density at radius 1 is 1.41 bits per heavy atom. The quantitative estimate of drug-likeness (QED) is 0.564. The third-order valence-electron chi connectivity index (χ3n) is 2.82. The van der Waals surface area contributed by atoms with E-state index in [0.717, 1.165) is 4.88 Å². The van der Waals surface area contributed by atoms with E-state index in [1.165, 1.54) is 0 Å². The number of hydrogen-bond donors (Lipinski definition) is 0. The zero-order valence-corrected chi connectivity index (χ0v) is 14.1. The Labute approximate surface area is 136 Å². The van der Waals surface area contributed by atoms with Gasteiger partial charge in [0.2, 0.25) is 0 Å². The summed E-state index contributed by atoms with van der Waals surface area (Å²) in [7, 11) is 0. The molecule has 1 heterocycles. The zero-order chi connectivity index (χ0) is 16.4. The number of thiophene rings is 1. The number of Topliss-reactive ketones (excluding diaryl/α,β-unsaturated/α-hetero) is 1. The molecule has 0 saturated carbocycles. The highest BCUT2D eigenvalue weighted by Crippen LogP contribution is 2.09. The minimum Gasteiger partial charge on any atom is -0.454 e. The summed E-state index contributed by atoms with van der Waals surface area (Å²) in [5, 5.41) is 1.97. The smallest absolute Gasteiger partial charge is 0.306 e. The van der Waals surface area contributed by atoms with Crippen LogP contribution in [0, 0.1) is 17.8 Å². The topological polar surface area (TPSA) is 43.4 Å². The third-order valence-corrected chi connectivity index (χ3v) is 3.61. The second-order valence-electron chi connectivity index (χ2n) is 5.28. The highest BCUT2D eigenvalue weighted by atomic mass is 32.1. The molecular formula is C18H22O3S. The minimum atomic E-state index is -0.698. The highest BCUT2D eigenvalue weighted by Gasteiger charge is 2.20. The van der Waals surface area contributed by atoms with Crippen molar-refractivity contribution >= 4 is 23.1 Å². The maximum atomic E-state index is 11.8. The molecule has 3 nitrogen and oxygen atoms in total. The van der Waals surface area contributed by atoms with Crippen molar-refractivity contribution in [3.63, 3.8) is 0 Å². The Bertz CT molecular complexity index is 559. The predicted molar refractivity (Wildman–Crippen MR) is 89.6 cm³/mol. The van der Waals surface area contributed by atoms with Gasteiger partial charge in [-0.2, -0.15) is 0 Å². The van der Waals surface area contributed by atoms with E-state index < -0.39 is 6.10 Å². The van der Waals surface area contributed by atoms with Gasteiger partial charge in [-0.15, -0.1) is 11.3 Å². The van der Waals surface area contributed by atoms with Gasteiger partial charge in [0.15, 0.2) is 11.9 Å². The lowest BCUT2D eigenvalue weighted by atomic mass is 10.1. The Kier molecular flexibility index (Phi) is 8.24. The van der Waals surface area contributed by atoms with E-state index in [-0.39, 0.29) is 17.7 Å². The van der Waals surface area contributed by atoms with Gasteiger partial charge in [-0.05, 0) is 23.4 Å². The SMILES string of the molecule is CCC(=O)[C@H](CC=CC#Cc1cccs1)OC(=O)CC(C)C. The number of ketones is 1. The van der Waals surface area contributed by atoms with E-state index in [1.54, 1.807) is 30.4 Å². The molecule has 0 aliphatic rings. The summed E-state index contributed by atoms with van der Waals surface area (Å²) in [6.07, 6.45) is 3.84. The first kappa shape index (κ1) is 18.2. The first-order chi connectivity index (χ1) is 10.5. The Morgan fingerprint density at radius 3 is 2.77 bits per heavy atom. The summed E-state index contributed by atoms with van der Waals surface area (Å²) in [4.78, 5) is 24.5. The molecule has 22 heavy (non-hydrogen) atoms. The monoisotopic (exact) mass is 318 g/mol. The van der Waals surface area contributed by atoms with E-state index >= 15 is 0 Å².